The van der Waals surface area contributed by atoms with Crippen LogP contribution in [0.2, 0.25) is 0 Å². The highest BCUT2D eigenvalue weighted by molar-refractivity contribution is 14.0. The molecule has 0 amide bonds. The van der Waals surface area contributed by atoms with E-state index in [1.807, 2.05) is 13.0 Å². The molecular formula is C17H30FIN4. The van der Waals surface area contributed by atoms with Crippen molar-refractivity contribution in [3.05, 3.63) is 35.6 Å². The maximum absolute atomic E-state index is 13.6. The number of halogens is 2. The molecule has 0 spiro atoms. The third kappa shape index (κ3) is 8.50. The average Bonchev–Trinajstić information content (AvgIpc) is 2.50. The monoisotopic (exact) mass is 436 g/mol. The van der Waals surface area contributed by atoms with Crippen molar-refractivity contribution >= 4 is 29.9 Å². The molecule has 0 bridgehead atoms. The first-order chi connectivity index (χ1) is 10.6. The number of likely N-dealkylation sites (N-methyl/N-ethyl adjacent to an activating group) is 1. The van der Waals surface area contributed by atoms with E-state index in [9.17, 15) is 4.39 Å². The van der Waals surface area contributed by atoms with Crippen molar-refractivity contribution in [2.45, 2.75) is 40.3 Å². The van der Waals surface area contributed by atoms with Crippen LogP contribution in [-0.4, -0.2) is 43.1 Å². The molecule has 1 aromatic rings. The molecule has 23 heavy (non-hydrogen) atoms. The van der Waals surface area contributed by atoms with Gasteiger partial charge in [-0.3, -0.25) is 4.90 Å². The van der Waals surface area contributed by atoms with Crippen LogP contribution in [0.4, 0.5) is 4.39 Å². The van der Waals surface area contributed by atoms with E-state index in [1.165, 1.54) is 6.07 Å². The molecule has 6 heteroatoms. The first-order valence-corrected chi connectivity index (χ1v) is 8.08. The summed E-state index contributed by atoms with van der Waals surface area (Å²) in [5.74, 6) is 0.518. The predicted octanol–water partition coefficient (Wildman–Crippen LogP) is 3.23. The van der Waals surface area contributed by atoms with Crippen LogP contribution in [0.1, 0.15) is 33.3 Å². The second-order valence-electron chi connectivity index (χ2n) is 5.44. The third-order valence-electron chi connectivity index (χ3n) is 3.54. The van der Waals surface area contributed by atoms with Crippen LogP contribution >= 0.6 is 24.0 Å². The van der Waals surface area contributed by atoms with E-state index in [2.05, 4.69) is 41.3 Å². The van der Waals surface area contributed by atoms with Crippen molar-refractivity contribution in [1.29, 1.82) is 0 Å². The van der Waals surface area contributed by atoms with Crippen LogP contribution in [0.15, 0.2) is 29.3 Å². The molecule has 0 radical (unpaired) electrons. The summed E-state index contributed by atoms with van der Waals surface area (Å²) in [5.41, 5.74) is 0.608. The molecule has 0 saturated carbocycles. The lowest BCUT2D eigenvalue weighted by Gasteiger charge is -2.25. The summed E-state index contributed by atoms with van der Waals surface area (Å²) < 4.78 is 13.6. The van der Waals surface area contributed by atoms with Crippen LogP contribution in [0.25, 0.3) is 0 Å². The molecular weight excluding hydrogens is 406 g/mol. The SMILES string of the molecule is CCNC(=NCc1ccccc1F)NCCN(CC)C(C)C.I. The van der Waals surface area contributed by atoms with Crippen molar-refractivity contribution in [2.24, 2.45) is 4.99 Å². The average molecular weight is 436 g/mol. The molecule has 0 heterocycles. The molecule has 0 fully saturated rings. The fourth-order valence-corrected chi connectivity index (χ4v) is 2.23. The van der Waals surface area contributed by atoms with Crippen LogP contribution in [-0.2, 0) is 6.54 Å². The summed E-state index contributed by atoms with van der Waals surface area (Å²) in [7, 11) is 0. The summed E-state index contributed by atoms with van der Waals surface area (Å²) >= 11 is 0. The van der Waals surface area contributed by atoms with E-state index in [-0.39, 0.29) is 29.8 Å². The van der Waals surface area contributed by atoms with Crippen molar-refractivity contribution in [3.8, 4) is 0 Å². The van der Waals surface area contributed by atoms with Crippen molar-refractivity contribution in [3.63, 3.8) is 0 Å². The second kappa shape index (κ2) is 12.5. The number of nitrogens with zero attached hydrogens (tertiary/aromatic N) is 2. The minimum absolute atomic E-state index is 0. The Kier molecular flexibility index (Phi) is 12.0. The second-order valence-corrected chi connectivity index (χ2v) is 5.44. The highest BCUT2D eigenvalue weighted by Gasteiger charge is 2.06. The van der Waals surface area contributed by atoms with Gasteiger partial charge in [-0.05, 0) is 33.4 Å². The molecule has 2 N–H and O–H groups in total. The van der Waals surface area contributed by atoms with Gasteiger partial charge in [0.25, 0.3) is 0 Å². The largest absolute Gasteiger partial charge is 0.357 e. The van der Waals surface area contributed by atoms with Crippen LogP contribution in [0.5, 0.6) is 0 Å². The molecule has 132 valence electrons. The zero-order valence-electron chi connectivity index (χ0n) is 14.6. The summed E-state index contributed by atoms with van der Waals surface area (Å²) in [6.07, 6.45) is 0. The molecule has 0 aromatic heterocycles. The zero-order chi connectivity index (χ0) is 16.4. The Bertz CT molecular complexity index is 466. The van der Waals surface area contributed by atoms with Gasteiger partial charge >= 0.3 is 0 Å². The first-order valence-electron chi connectivity index (χ1n) is 8.08. The minimum Gasteiger partial charge on any atom is -0.357 e. The number of nitrogens with one attached hydrogen (secondary N) is 2. The Balaban J connectivity index is 0.00000484. The molecule has 0 aliphatic carbocycles. The number of benzene rings is 1. The van der Waals surface area contributed by atoms with Gasteiger partial charge in [-0.1, -0.05) is 25.1 Å². The third-order valence-corrected chi connectivity index (χ3v) is 3.54. The lowest BCUT2D eigenvalue weighted by molar-refractivity contribution is 0.237. The number of aliphatic imine (C=N–C) groups is 1. The van der Waals surface area contributed by atoms with E-state index in [4.69, 9.17) is 0 Å². The van der Waals surface area contributed by atoms with Gasteiger partial charge in [-0.25, -0.2) is 9.38 Å². The van der Waals surface area contributed by atoms with Crippen LogP contribution in [0, 0.1) is 5.82 Å². The van der Waals surface area contributed by atoms with Gasteiger partial charge in [-0.2, -0.15) is 0 Å². The van der Waals surface area contributed by atoms with Crippen molar-refractivity contribution in [2.75, 3.05) is 26.2 Å². The van der Waals surface area contributed by atoms with E-state index in [0.29, 0.717) is 18.2 Å². The normalized spacial score (nSPS) is 11.5. The molecule has 0 unspecified atom stereocenters. The Hall–Kier alpha value is -0.890. The molecule has 0 aliphatic rings. The van der Waals surface area contributed by atoms with E-state index < -0.39 is 0 Å². The molecule has 1 rings (SSSR count). The summed E-state index contributed by atoms with van der Waals surface area (Å²) in [4.78, 5) is 6.83. The molecule has 0 saturated heterocycles. The Morgan fingerprint density at radius 1 is 1.22 bits per heavy atom. The topological polar surface area (TPSA) is 39.7 Å². The molecule has 0 atom stereocenters. The molecule has 4 nitrogen and oxygen atoms in total. The number of hydrogen-bond acceptors (Lipinski definition) is 2. The Labute approximate surface area is 157 Å². The molecule has 0 aliphatic heterocycles. The number of guanidine groups is 1. The number of hydrogen-bond donors (Lipinski definition) is 2. The Morgan fingerprint density at radius 3 is 2.48 bits per heavy atom. The fraction of sp³-hybridized carbons (Fsp3) is 0.588. The summed E-state index contributed by atoms with van der Waals surface area (Å²) in [5, 5.41) is 6.50. The van der Waals surface area contributed by atoms with Gasteiger partial charge in [0.15, 0.2) is 5.96 Å². The molecule has 1 aromatic carbocycles. The van der Waals surface area contributed by atoms with E-state index >= 15 is 0 Å². The van der Waals surface area contributed by atoms with Crippen molar-refractivity contribution in [1.82, 2.24) is 15.5 Å². The highest BCUT2D eigenvalue weighted by Crippen LogP contribution is 2.07. The highest BCUT2D eigenvalue weighted by atomic mass is 127. The van der Waals surface area contributed by atoms with E-state index in [0.717, 1.165) is 32.1 Å². The predicted molar refractivity (Wildman–Crippen MR) is 107 cm³/mol. The quantitative estimate of drug-likeness (QED) is 0.374. The van der Waals surface area contributed by atoms with Gasteiger partial charge in [0.05, 0.1) is 6.54 Å². The maximum atomic E-state index is 13.6. The first kappa shape index (κ1) is 22.1. The van der Waals surface area contributed by atoms with Gasteiger partial charge in [0.1, 0.15) is 5.82 Å². The van der Waals surface area contributed by atoms with Crippen molar-refractivity contribution < 1.29 is 4.39 Å². The lowest BCUT2D eigenvalue weighted by Crippen LogP contribution is -2.43. The number of rotatable bonds is 8. The maximum Gasteiger partial charge on any atom is 0.191 e. The van der Waals surface area contributed by atoms with E-state index in [1.54, 1.807) is 12.1 Å². The Morgan fingerprint density at radius 2 is 1.91 bits per heavy atom. The smallest absolute Gasteiger partial charge is 0.191 e. The fourth-order valence-electron chi connectivity index (χ4n) is 2.23. The summed E-state index contributed by atoms with van der Waals surface area (Å²) in [6, 6.07) is 7.28. The van der Waals surface area contributed by atoms with Crippen LogP contribution in [0.3, 0.4) is 0 Å². The van der Waals surface area contributed by atoms with Gasteiger partial charge in [0, 0.05) is 31.2 Å². The van der Waals surface area contributed by atoms with Gasteiger partial charge in [-0.15, -0.1) is 24.0 Å². The zero-order valence-corrected chi connectivity index (χ0v) is 16.9. The minimum atomic E-state index is -0.209. The van der Waals surface area contributed by atoms with Gasteiger partial charge < -0.3 is 10.6 Å². The standard InChI is InChI=1S/C17H29FN4.HI/c1-5-19-17(20-11-12-22(6-2)14(3)4)21-13-15-9-7-8-10-16(15)18;/h7-10,14H,5-6,11-13H2,1-4H3,(H2,19,20,21);1H. The lowest BCUT2D eigenvalue weighted by atomic mass is 10.2. The van der Waals surface area contributed by atoms with Gasteiger partial charge in [0.2, 0.25) is 0 Å². The summed E-state index contributed by atoms with van der Waals surface area (Å²) in [6.45, 7) is 12.5. The van der Waals surface area contributed by atoms with Crippen LogP contribution < -0.4 is 10.6 Å².